The predicted octanol–water partition coefficient (Wildman–Crippen LogP) is 2.04. The van der Waals surface area contributed by atoms with Crippen LogP contribution in [0.15, 0.2) is 36.7 Å². The number of nitrogens with two attached hydrogens (primary N) is 1. The zero-order chi connectivity index (χ0) is 14.7. The quantitative estimate of drug-likeness (QED) is 0.857. The number of Topliss-reactive ketones (excluding diaryl/α,β-unsaturated/α-hetero) is 1. The van der Waals surface area contributed by atoms with Crippen LogP contribution >= 0.6 is 11.6 Å². The molecule has 104 valence electrons. The van der Waals surface area contributed by atoms with E-state index >= 15 is 0 Å². The highest BCUT2D eigenvalue weighted by molar-refractivity contribution is 6.31. The topological polar surface area (TPSA) is 74.3 Å². The molecular weight excluding hydrogens is 280 g/mol. The minimum Gasteiger partial charge on any atom is -0.485 e. The summed E-state index contributed by atoms with van der Waals surface area (Å²) >= 11 is 5.79. The molecule has 0 unspecified atom stereocenters. The lowest BCUT2D eigenvalue weighted by atomic mass is 10.2. The number of benzene rings is 1. The maximum absolute atomic E-state index is 11.9. The Morgan fingerprint density at radius 1 is 1.35 bits per heavy atom. The van der Waals surface area contributed by atoms with Crippen molar-refractivity contribution >= 4 is 23.3 Å². The summed E-state index contributed by atoms with van der Waals surface area (Å²) in [6.45, 7) is -0.175. The lowest BCUT2D eigenvalue weighted by Gasteiger charge is -2.08. The Labute approximate surface area is 120 Å². The molecule has 0 saturated carbocycles. The van der Waals surface area contributed by atoms with E-state index in [4.69, 9.17) is 22.1 Å². The van der Waals surface area contributed by atoms with Gasteiger partial charge in [-0.05, 0) is 24.3 Å². The first-order valence-corrected chi connectivity index (χ1v) is 6.22. The van der Waals surface area contributed by atoms with Crippen molar-refractivity contribution in [2.45, 2.75) is 0 Å². The molecule has 0 spiro atoms. The van der Waals surface area contributed by atoms with Crippen molar-refractivity contribution in [1.82, 2.24) is 4.57 Å². The number of ether oxygens (including phenoxy) is 1. The molecule has 0 aliphatic rings. The number of hydrogen-bond acceptors (Lipinski definition) is 3. The molecule has 2 aromatic rings. The van der Waals surface area contributed by atoms with E-state index in [0.717, 1.165) is 0 Å². The number of hydrogen-bond donors (Lipinski definition) is 1. The zero-order valence-corrected chi connectivity index (χ0v) is 11.6. The number of halogens is 1. The highest BCUT2D eigenvalue weighted by Crippen LogP contribution is 2.22. The van der Waals surface area contributed by atoms with Gasteiger partial charge >= 0.3 is 0 Å². The predicted molar refractivity (Wildman–Crippen MR) is 75.2 cm³/mol. The van der Waals surface area contributed by atoms with Crippen LogP contribution in [0.1, 0.15) is 20.7 Å². The summed E-state index contributed by atoms with van der Waals surface area (Å²) < 4.78 is 7.13. The molecule has 2 N–H and O–H groups in total. The van der Waals surface area contributed by atoms with Crippen LogP contribution in [0, 0.1) is 0 Å². The molecule has 5 nitrogen and oxygen atoms in total. The summed E-state index contributed by atoms with van der Waals surface area (Å²) in [7, 11) is 1.82. The molecule has 0 bridgehead atoms. The normalized spacial score (nSPS) is 10.3. The van der Waals surface area contributed by atoms with Gasteiger partial charge in [0.1, 0.15) is 5.75 Å². The molecule has 0 aliphatic heterocycles. The number of nitrogens with zero attached hydrogens (tertiary/aromatic N) is 1. The number of carbonyl (C=O) groups is 2. The highest BCUT2D eigenvalue weighted by atomic mass is 35.5. The van der Waals surface area contributed by atoms with Gasteiger partial charge in [0.05, 0.1) is 5.56 Å². The molecule has 0 radical (unpaired) electrons. The Kier molecular flexibility index (Phi) is 4.10. The fraction of sp³-hybridized carbons (Fsp3) is 0.143. The van der Waals surface area contributed by atoms with Gasteiger partial charge in [0.25, 0.3) is 5.91 Å². The first kappa shape index (κ1) is 14.1. The van der Waals surface area contributed by atoms with Crippen LogP contribution in [0.5, 0.6) is 5.75 Å². The largest absolute Gasteiger partial charge is 0.485 e. The first-order valence-electron chi connectivity index (χ1n) is 5.84. The van der Waals surface area contributed by atoms with Crippen molar-refractivity contribution in [3.05, 3.63) is 52.8 Å². The van der Waals surface area contributed by atoms with E-state index < -0.39 is 5.91 Å². The van der Waals surface area contributed by atoms with Crippen molar-refractivity contribution < 1.29 is 14.3 Å². The van der Waals surface area contributed by atoms with Crippen molar-refractivity contribution in [3.8, 4) is 5.75 Å². The number of carbonyl (C=O) groups excluding carboxylic acids is 2. The molecule has 0 aliphatic carbocycles. The number of primary amides is 1. The lowest BCUT2D eigenvalue weighted by Crippen LogP contribution is -2.16. The minimum atomic E-state index is -0.658. The third-order valence-corrected chi connectivity index (χ3v) is 2.95. The van der Waals surface area contributed by atoms with Gasteiger partial charge in [0.2, 0.25) is 5.78 Å². The Balaban J connectivity index is 2.11. The van der Waals surface area contributed by atoms with Gasteiger partial charge in [-0.25, -0.2) is 0 Å². The van der Waals surface area contributed by atoms with Gasteiger partial charge in [-0.1, -0.05) is 11.6 Å². The van der Waals surface area contributed by atoms with E-state index in [1.54, 1.807) is 29.1 Å². The average Bonchev–Trinajstić information content (AvgIpc) is 2.83. The number of ketones is 1. The van der Waals surface area contributed by atoms with E-state index in [1.165, 1.54) is 12.1 Å². The Morgan fingerprint density at radius 2 is 2.10 bits per heavy atom. The molecule has 1 aromatic carbocycles. The summed E-state index contributed by atoms with van der Waals surface area (Å²) in [5, 5.41) is 0.375. The second-order valence-corrected chi connectivity index (χ2v) is 4.72. The summed E-state index contributed by atoms with van der Waals surface area (Å²) in [5.74, 6) is -0.600. The SMILES string of the molecule is Cn1ccc(C(=O)COc2ccc(Cl)cc2C(N)=O)c1. The van der Waals surface area contributed by atoms with Crippen molar-refractivity contribution in [2.75, 3.05) is 6.61 Å². The minimum absolute atomic E-state index is 0.151. The lowest BCUT2D eigenvalue weighted by molar-refractivity contribution is 0.0912. The molecule has 6 heteroatoms. The summed E-state index contributed by atoms with van der Waals surface area (Å²) in [4.78, 5) is 23.2. The van der Waals surface area contributed by atoms with Gasteiger partial charge in [-0.3, -0.25) is 9.59 Å². The van der Waals surface area contributed by atoms with Crippen LogP contribution in [0.4, 0.5) is 0 Å². The van der Waals surface area contributed by atoms with E-state index in [9.17, 15) is 9.59 Å². The van der Waals surface area contributed by atoms with Crippen molar-refractivity contribution in [3.63, 3.8) is 0 Å². The third-order valence-electron chi connectivity index (χ3n) is 2.72. The van der Waals surface area contributed by atoms with Crippen LogP contribution < -0.4 is 10.5 Å². The van der Waals surface area contributed by atoms with Crippen LogP contribution in [-0.4, -0.2) is 22.9 Å². The Bertz CT molecular complexity index is 664. The molecule has 0 saturated heterocycles. The van der Waals surface area contributed by atoms with Crippen LogP contribution in [0.25, 0.3) is 0 Å². The molecule has 20 heavy (non-hydrogen) atoms. The Hall–Kier alpha value is -2.27. The molecule has 1 amide bonds. The van der Waals surface area contributed by atoms with Gasteiger partial charge < -0.3 is 15.0 Å². The average molecular weight is 293 g/mol. The third kappa shape index (κ3) is 3.19. The second kappa shape index (κ2) is 5.79. The van der Waals surface area contributed by atoms with Crippen LogP contribution in [0.3, 0.4) is 0 Å². The molecule has 0 atom stereocenters. The van der Waals surface area contributed by atoms with Crippen molar-refractivity contribution in [2.24, 2.45) is 12.8 Å². The van der Waals surface area contributed by atoms with Gasteiger partial charge in [0, 0.05) is 30.0 Å². The molecule has 1 aromatic heterocycles. The highest BCUT2D eigenvalue weighted by Gasteiger charge is 2.13. The maximum atomic E-state index is 11.9. The summed E-state index contributed by atoms with van der Waals surface area (Å²) in [5.41, 5.74) is 5.93. The number of aryl methyl sites for hydroxylation is 1. The Morgan fingerprint density at radius 3 is 2.70 bits per heavy atom. The summed E-state index contributed by atoms with van der Waals surface area (Å²) in [6.07, 6.45) is 3.47. The number of aromatic nitrogens is 1. The van der Waals surface area contributed by atoms with E-state index in [0.29, 0.717) is 10.6 Å². The fourth-order valence-corrected chi connectivity index (χ4v) is 1.89. The first-order chi connectivity index (χ1) is 9.47. The molecule has 1 heterocycles. The van der Waals surface area contributed by atoms with E-state index in [1.807, 2.05) is 7.05 Å². The van der Waals surface area contributed by atoms with E-state index in [2.05, 4.69) is 0 Å². The molecule has 0 fully saturated rings. The monoisotopic (exact) mass is 292 g/mol. The molecule has 2 rings (SSSR count). The number of rotatable bonds is 5. The second-order valence-electron chi connectivity index (χ2n) is 4.28. The molecular formula is C14H13ClN2O3. The zero-order valence-electron chi connectivity index (χ0n) is 10.8. The van der Waals surface area contributed by atoms with Gasteiger partial charge in [-0.15, -0.1) is 0 Å². The summed E-state index contributed by atoms with van der Waals surface area (Å²) in [6, 6.07) is 6.19. The maximum Gasteiger partial charge on any atom is 0.252 e. The smallest absolute Gasteiger partial charge is 0.252 e. The van der Waals surface area contributed by atoms with Crippen molar-refractivity contribution in [1.29, 1.82) is 0 Å². The number of amides is 1. The van der Waals surface area contributed by atoms with Crippen LogP contribution in [0.2, 0.25) is 5.02 Å². The van der Waals surface area contributed by atoms with E-state index in [-0.39, 0.29) is 23.7 Å². The van der Waals surface area contributed by atoms with Gasteiger partial charge in [0.15, 0.2) is 6.61 Å². The van der Waals surface area contributed by atoms with Crippen LogP contribution in [-0.2, 0) is 7.05 Å². The fourth-order valence-electron chi connectivity index (χ4n) is 1.72. The standard InChI is InChI=1S/C14H13ClN2O3/c1-17-5-4-9(7-17)12(18)8-20-13-3-2-10(15)6-11(13)14(16)19/h2-7H,8H2,1H3,(H2,16,19). The van der Waals surface area contributed by atoms with Gasteiger partial charge in [-0.2, -0.15) is 0 Å².